The third-order valence-electron chi connectivity index (χ3n) is 8.13. The molecule has 0 aliphatic heterocycles. The van der Waals surface area contributed by atoms with Crippen LogP contribution in [0, 0.1) is 0 Å². The molecule has 0 spiro atoms. The summed E-state index contributed by atoms with van der Waals surface area (Å²) in [4.78, 5) is 0. The number of hydrogen-bond acceptors (Lipinski definition) is 0. The highest BCUT2D eigenvalue weighted by Crippen LogP contribution is 2.49. The Morgan fingerprint density at radius 3 is 1.67 bits per heavy atom. The highest BCUT2D eigenvalue weighted by molar-refractivity contribution is 6.25. The van der Waals surface area contributed by atoms with Crippen molar-refractivity contribution in [2.75, 3.05) is 0 Å². The van der Waals surface area contributed by atoms with Crippen LogP contribution in [-0.2, 0) is 0 Å². The fraction of sp³-hybridized carbons (Fsp3) is 0. The van der Waals surface area contributed by atoms with Gasteiger partial charge in [0.15, 0.2) is 0 Å². The van der Waals surface area contributed by atoms with Crippen molar-refractivity contribution in [2.45, 2.75) is 0 Å². The van der Waals surface area contributed by atoms with Gasteiger partial charge in [0, 0.05) is 0 Å². The highest BCUT2D eigenvalue weighted by Gasteiger charge is 2.22. The first-order chi connectivity index (χ1) is 20.7. The first kappa shape index (κ1) is 25.5. The van der Waals surface area contributed by atoms with E-state index < -0.39 is 0 Å². The number of benzene rings is 7. The monoisotopic (exact) mass is 534 g/mol. The lowest BCUT2D eigenvalue weighted by Gasteiger charge is -2.23. The van der Waals surface area contributed by atoms with Gasteiger partial charge in [0.1, 0.15) is 0 Å². The predicted octanol–water partition coefficient (Wildman–Crippen LogP) is 11.9. The van der Waals surface area contributed by atoms with Crippen molar-refractivity contribution < 1.29 is 0 Å². The summed E-state index contributed by atoms with van der Waals surface area (Å²) in [7, 11) is 0. The number of allylic oxidation sites excluding steroid dienone is 4. The summed E-state index contributed by atoms with van der Waals surface area (Å²) >= 11 is 0. The maximum absolute atomic E-state index is 4.52. The maximum Gasteiger partial charge on any atom is -0.00137 e. The molecule has 0 unspecified atom stereocenters. The van der Waals surface area contributed by atoms with Crippen molar-refractivity contribution in [1.29, 1.82) is 0 Å². The Bertz CT molecular complexity index is 2140. The van der Waals surface area contributed by atoms with Crippen molar-refractivity contribution in [1.82, 2.24) is 0 Å². The number of fused-ring (bicyclic) bond motifs is 3. The first-order valence-electron chi connectivity index (χ1n) is 14.3. The second-order valence-corrected chi connectivity index (χ2v) is 10.6. The topological polar surface area (TPSA) is 0 Å². The fourth-order valence-corrected chi connectivity index (χ4v) is 6.27. The van der Waals surface area contributed by atoms with Gasteiger partial charge in [0.25, 0.3) is 0 Å². The van der Waals surface area contributed by atoms with Gasteiger partial charge in [-0.1, -0.05) is 159 Å². The quantitative estimate of drug-likeness (QED) is 0.147. The fourth-order valence-electron chi connectivity index (χ4n) is 6.27. The van der Waals surface area contributed by atoms with E-state index in [0.29, 0.717) is 0 Å². The summed E-state index contributed by atoms with van der Waals surface area (Å²) in [5.41, 5.74) is 9.34. The van der Waals surface area contributed by atoms with Crippen molar-refractivity contribution >= 4 is 37.9 Å². The van der Waals surface area contributed by atoms with Crippen LogP contribution in [0.5, 0.6) is 0 Å². The van der Waals surface area contributed by atoms with Crippen LogP contribution >= 0.6 is 0 Å². The third kappa shape index (κ3) is 4.35. The Kier molecular flexibility index (Phi) is 6.58. The van der Waals surface area contributed by atoms with Gasteiger partial charge >= 0.3 is 0 Å². The molecule has 0 saturated heterocycles. The van der Waals surface area contributed by atoms with E-state index in [2.05, 4.69) is 159 Å². The summed E-state index contributed by atoms with van der Waals surface area (Å²) in [6, 6.07) is 50.4. The molecule has 0 N–H and O–H groups in total. The lowest BCUT2D eigenvalue weighted by Crippen LogP contribution is -1.96. The van der Waals surface area contributed by atoms with Crippen LogP contribution in [0.1, 0.15) is 5.56 Å². The Balaban J connectivity index is 1.72. The third-order valence-corrected chi connectivity index (χ3v) is 8.13. The molecule has 7 aromatic carbocycles. The molecule has 0 aromatic heterocycles. The molecule has 0 atom stereocenters. The van der Waals surface area contributed by atoms with Crippen molar-refractivity contribution in [2.24, 2.45) is 0 Å². The van der Waals surface area contributed by atoms with Crippen LogP contribution in [0.2, 0.25) is 0 Å². The second-order valence-electron chi connectivity index (χ2n) is 10.6. The van der Waals surface area contributed by atoms with Gasteiger partial charge in [-0.2, -0.15) is 0 Å². The molecule has 0 heterocycles. The van der Waals surface area contributed by atoms with Gasteiger partial charge in [0.05, 0.1) is 0 Å². The minimum Gasteiger partial charge on any atom is -0.0991 e. The number of hydrogen-bond donors (Lipinski definition) is 0. The first-order valence-corrected chi connectivity index (χ1v) is 14.3. The molecule has 0 nitrogen and oxygen atoms in total. The van der Waals surface area contributed by atoms with Crippen molar-refractivity contribution in [3.8, 4) is 33.4 Å². The van der Waals surface area contributed by atoms with E-state index in [1.165, 1.54) is 65.7 Å². The van der Waals surface area contributed by atoms with E-state index in [-0.39, 0.29) is 0 Å². The standard InChI is InChI=1S/C42H30/c1-3-4-16-29(2)34-25-15-26-35(30-17-7-5-8-18-30)41(34)42-37-24-14-13-23-36(37)40(31-19-9-6-10-20-31)38-27-32-21-11-12-22-33(32)28-39(38)42/h3-28H,1-2H2. The normalized spacial score (nSPS) is 11.4. The SMILES string of the molecule is C=CC=CC(=C)c1cccc(-c2ccccc2)c1-c1c2ccccc2c(-c2ccccc2)c2cc3ccccc3cc12. The van der Waals surface area contributed by atoms with Crippen molar-refractivity contribution in [3.05, 3.63) is 176 Å². The lowest BCUT2D eigenvalue weighted by molar-refractivity contribution is 1.57. The maximum atomic E-state index is 4.52. The second kappa shape index (κ2) is 10.8. The van der Waals surface area contributed by atoms with Gasteiger partial charge in [-0.25, -0.2) is 0 Å². The van der Waals surface area contributed by atoms with E-state index in [9.17, 15) is 0 Å². The summed E-state index contributed by atoms with van der Waals surface area (Å²) in [6.45, 7) is 8.42. The Labute approximate surface area is 247 Å². The molecule has 0 saturated carbocycles. The molecule has 0 bridgehead atoms. The minimum atomic E-state index is 0.952. The lowest BCUT2D eigenvalue weighted by atomic mass is 9.80. The molecule has 0 amide bonds. The van der Waals surface area contributed by atoms with Crippen molar-refractivity contribution in [3.63, 3.8) is 0 Å². The van der Waals surface area contributed by atoms with E-state index in [1.807, 2.05) is 6.08 Å². The molecule has 7 aromatic rings. The molecule has 0 aliphatic carbocycles. The zero-order valence-electron chi connectivity index (χ0n) is 23.4. The Hall–Kier alpha value is -5.46. The minimum absolute atomic E-state index is 0.952. The summed E-state index contributed by atoms with van der Waals surface area (Å²) in [6.07, 6.45) is 5.82. The average molecular weight is 535 g/mol. The molecule has 0 heteroatoms. The zero-order valence-corrected chi connectivity index (χ0v) is 23.4. The summed E-state index contributed by atoms with van der Waals surface area (Å²) < 4.78 is 0. The van der Waals surface area contributed by atoms with Gasteiger partial charge in [-0.3, -0.25) is 0 Å². The average Bonchev–Trinajstić information content (AvgIpc) is 3.05. The van der Waals surface area contributed by atoms with E-state index in [1.54, 1.807) is 6.08 Å². The van der Waals surface area contributed by atoms with E-state index in [0.717, 1.165) is 11.1 Å². The van der Waals surface area contributed by atoms with Crippen LogP contribution in [0.25, 0.3) is 71.3 Å². The summed E-state index contributed by atoms with van der Waals surface area (Å²) in [5.74, 6) is 0. The van der Waals surface area contributed by atoms with Crippen LogP contribution in [-0.4, -0.2) is 0 Å². The summed E-state index contributed by atoms with van der Waals surface area (Å²) in [5, 5.41) is 7.40. The van der Waals surface area contributed by atoms with Gasteiger partial charge < -0.3 is 0 Å². The zero-order chi connectivity index (χ0) is 28.5. The molecule has 198 valence electrons. The van der Waals surface area contributed by atoms with Crippen LogP contribution in [0.15, 0.2) is 171 Å². The van der Waals surface area contributed by atoms with Gasteiger partial charge in [-0.05, 0) is 89.0 Å². The molecule has 0 fully saturated rings. The van der Waals surface area contributed by atoms with E-state index in [4.69, 9.17) is 0 Å². The van der Waals surface area contributed by atoms with Crippen LogP contribution in [0.4, 0.5) is 0 Å². The van der Waals surface area contributed by atoms with Crippen LogP contribution in [0.3, 0.4) is 0 Å². The Morgan fingerprint density at radius 1 is 0.476 bits per heavy atom. The highest BCUT2D eigenvalue weighted by atomic mass is 14.2. The Morgan fingerprint density at radius 2 is 1.02 bits per heavy atom. The molecule has 42 heavy (non-hydrogen) atoms. The smallest absolute Gasteiger partial charge is 0.00137 e. The predicted molar refractivity (Wildman–Crippen MR) is 184 cm³/mol. The largest absolute Gasteiger partial charge is 0.0991 e. The molecular formula is C42H30. The molecular weight excluding hydrogens is 504 g/mol. The van der Waals surface area contributed by atoms with E-state index >= 15 is 0 Å². The molecule has 7 rings (SSSR count). The van der Waals surface area contributed by atoms with Gasteiger partial charge in [0.2, 0.25) is 0 Å². The van der Waals surface area contributed by atoms with Crippen LogP contribution < -0.4 is 0 Å². The number of rotatable bonds is 6. The molecule has 0 radical (unpaired) electrons. The van der Waals surface area contributed by atoms with Gasteiger partial charge in [-0.15, -0.1) is 0 Å². The molecule has 0 aliphatic rings.